The normalized spacial score (nSPS) is 3.82. The summed E-state index contributed by atoms with van der Waals surface area (Å²) in [6.07, 6.45) is 0. The molecule has 0 aromatic heterocycles. The summed E-state index contributed by atoms with van der Waals surface area (Å²) >= 11 is 0. The van der Waals surface area contributed by atoms with Crippen LogP contribution in [0.15, 0.2) is 182 Å². The monoisotopic (exact) mass is 2560 g/mol. The van der Waals surface area contributed by atoms with E-state index in [0.29, 0.717) is 0 Å². The van der Waals surface area contributed by atoms with Crippen LogP contribution in [0, 0.1) is 74.3 Å². The molecule has 0 amide bonds. The molecule has 22 heteroatoms. The fourth-order valence-corrected chi connectivity index (χ4v) is 1.92. The molecular weight excluding hydrogens is 2480 g/mol. The van der Waals surface area contributed by atoms with Crippen LogP contribution in [0.25, 0.3) is 0 Å². The van der Waals surface area contributed by atoms with Gasteiger partial charge in [0.25, 0.3) is 0 Å². The quantitative estimate of drug-likeness (QED) is 0.136. The third-order valence-electron chi connectivity index (χ3n) is 3.33. The summed E-state index contributed by atoms with van der Waals surface area (Å²) in [6.45, 7) is 8.00. The van der Waals surface area contributed by atoms with Gasteiger partial charge in [-0.15, -0.1) is 0 Å². The Balaban J connectivity index is -0.00000000531. The maximum atomic E-state index is 2.00. The van der Waals surface area contributed by atoms with Crippen LogP contribution < -0.4 is 0 Å². The summed E-state index contributed by atoms with van der Waals surface area (Å²) in [6, 6.07) is 60.0. The molecule has 0 atom stereocenters. The Kier molecular flexibility index (Phi) is 833. The van der Waals surface area contributed by atoms with Crippen LogP contribution in [0.2, 0.25) is 0 Å². The minimum Gasteiger partial charge on any atom is -0.358 e. The Bertz CT molecular complexity index is 603. The van der Waals surface area contributed by atoms with E-state index >= 15 is 0 Å². The minimum absolute atomic E-state index is 0. The molecule has 5 aromatic carbocycles. The molecule has 0 aliphatic carbocycles. The van der Waals surface area contributed by atoms with E-state index in [1.807, 2.05) is 210 Å². The number of rotatable bonds is 0. The third kappa shape index (κ3) is 231. The summed E-state index contributed by atoms with van der Waals surface area (Å²) in [5, 5.41) is 0. The molecule has 0 bridgehead atoms. The van der Waals surface area contributed by atoms with Gasteiger partial charge in [0, 0.05) is 720 Å². The topological polar surface area (TPSA) is 0 Å². The van der Waals surface area contributed by atoms with Crippen molar-refractivity contribution < 1.29 is 720 Å². The van der Waals surface area contributed by atoms with Gasteiger partial charge in [-0.1, -0.05) is 210 Å². The molecule has 0 saturated carbocycles. The average molecular weight is 2560 g/mol. The summed E-state index contributed by atoms with van der Waals surface area (Å²) in [7, 11) is 0. The molecule has 66 heavy (non-hydrogen) atoms. The van der Waals surface area contributed by atoms with Crippen LogP contribution in [-0.2, 0) is 720 Å². The SMILES string of the molecule is CC.CC.[CH3-].[CH3-].[CH3-].[CH3-].[CH3-].[CH3-].[CH3-].[CH3-].[CH3-].[CH3-].[Y].[Y].[Y].[Y].[Y].[Y].[Y].[Y].[Y].[Y].[Y].[Y].[Y].[Y].[Y].[Y].[Y].[Y].[Y].[Y].[Y].[Y].c1ccccc1.c1ccccc1.c1ccccc1.c1ccccc1.c1ccccc1. The number of hydrogen-bond donors (Lipinski definition) is 0. The second-order valence-electron chi connectivity index (χ2n) is 5.77. The second-order valence-corrected chi connectivity index (χ2v) is 5.77. The van der Waals surface area contributed by atoms with Gasteiger partial charge in [-0.25, -0.2) is 0 Å². The first-order valence-electron chi connectivity index (χ1n) is 12.0. The predicted octanol–water partition coefficient (Wildman–Crippen LogP) is 14.9. The van der Waals surface area contributed by atoms with Crippen molar-refractivity contribution in [3.63, 3.8) is 0 Å². The van der Waals surface area contributed by atoms with Gasteiger partial charge in [0.15, 0.2) is 0 Å². The Morgan fingerprint density at radius 3 is 0.121 bits per heavy atom. The molecule has 0 heterocycles. The van der Waals surface area contributed by atoms with Crippen molar-refractivity contribution in [1.29, 1.82) is 0 Å². The van der Waals surface area contributed by atoms with Gasteiger partial charge in [0.2, 0.25) is 0 Å². The van der Waals surface area contributed by atoms with E-state index in [4.69, 9.17) is 0 Å². The summed E-state index contributed by atoms with van der Waals surface area (Å²) in [5.41, 5.74) is 0. The predicted molar refractivity (Wildman–Crippen MR) is 219 cm³/mol. The zero-order valence-corrected chi connectivity index (χ0v) is 106. The van der Waals surface area contributed by atoms with Crippen LogP contribution in [0.3, 0.4) is 0 Å². The van der Waals surface area contributed by atoms with Crippen LogP contribution in [0.4, 0.5) is 0 Å². The Hall–Kier alpha value is 20.4. The molecule has 0 N–H and O–H groups in total. The van der Waals surface area contributed by atoms with Crippen LogP contribution in [-0.4, -0.2) is 0 Å². The molecule has 5 rings (SSSR count). The van der Waals surface area contributed by atoms with E-state index in [1.165, 1.54) is 0 Å². The molecule has 324 valence electrons. The molecule has 0 saturated heterocycles. The molecule has 0 nitrogen and oxygen atoms in total. The van der Waals surface area contributed by atoms with Crippen LogP contribution >= 0.6 is 0 Å². The summed E-state index contributed by atoms with van der Waals surface area (Å²) in [4.78, 5) is 0. The third-order valence-corrected chi connectivity index (χ3v) is 3.33. The van der Waals surface area contributed by atoms with Gasteiger partial charge in [-0.05, 0) is 0 Å². The van der Waals surface area contributed by atoms with Gasteiger partial charge in [-0.2, -0.15) is 0 Å². The molecule has 22 radical (unpaired) electrons. The van der Waals surface area contributed by atoms with E-state index in [1.54, 1.807) is 0 Å². The average Bonchev–Trinajstić information content (AvgIpc) is 3.01. The first-order valence-corrected chi connectivity index (χ1v) is 12.0. The Morgan fingerprint density at radius 1 is 0.0909 bits per heavy atom. The van der Waals surface area contributed by atoms with Gasteiger partial charge >= 0.3 is 0 Å². The zero-order valence-electron chi connectivity index (χ0n) is 44.0. The van der Waals surface area contributed by atoms with Crippen molar-refractivity contribution in [3.05, 3.63) is 256 Å². The minimum atomic E-state index is 0. The van der Waals surface area contributed by atoms with Crippen molar-refractivity contribution >= 4 is 0 Å². The van der Waals surface area contributed by atoms with Crippen molar-refractivity contribution in [2.75, 3.05) is 0 Å². The summed E-state index contributed by atoms with van der Waals surface area (Å²) in [5.74, 6) is 0. The molecule has 0 spiro atoms. The summed E-state index contributed by atoms with van der Waals surface area (Å²) < 4.78 is 0. The fourth-order valence-electron chi connectivity index (χ4n) is 1.92. The molecule has 0 aliphatic heterocycles. The van der Waals surface area contributed by atoms with Crippen molar-refractivity contribution in [2.45, 2.75) is 27.7 Å². The smallest absolute Gasteiger partial charge is 0 e. The molecule has 0 fully saturated rings. The van der Waals surface area contributed by atoms with E-state index < -0.39 is 0 Å². The van der Waals surface area contributed by atoms with Crippen LogP contribution in [0.5, 0.6) is 0 Å². The first kappa shape index (κ1) is 230. The largest absolute Gasteiger partial charge is 0.358 e. The van der Waals surface area contributed by atoms with E-state index in [0.717, 1.165) is 0 Å². The Labute approximate surface area is 973 Å². The fraction of sp³-hybridized carbons (Fsp3) is 0.0909. The maximum Gasteiger partial charge on any atom is 0 e. The van der Waals surface area contributed by atoms with Crippen molar-refractivity contribution in [1.82, 2.24) is 0 Å². The van der Waals surface area contributed by atoms with Crippen molar-refractivity contribution in [3.8, 4) is 0 Å². The molecule has 0 aliphatic rings. The van der Waals surface area contributed by atoms with Gasteiger partial charge in [0.05, 0.1) is 0 Å². The van der Waals surface area contributed by atoms with Gasteiger partial charge in [0.1, 0.15) is 0 Å². The first-order chi connectivity index (χ1) is 17.0. The molecular formula is C44H72Y22-10. The van der Waals surface area contributed by atoms with Crippen molar-refractivity contribution in [2.24, 2.45) is 0 Å². The Morgan fingerprint density at radius 2 is 0.106 bits per heavy atom. The zero-order chi connectivity index (χ0) is 25.2. The van der Waals surface area contributed by atoms with E-state index in [2.05, 4.69) is 0 Å². The standard InChI is InChI=1S/5C6H6.2C2H6.10CH3.22Y/c5*1-2-4-6-5-3-1;2*1-2;;;;;;;;;;;;;;;;;;;;;;;;;;;;;;;;/h5*1-6H;2*1-2H3;10*1H3;;;;;;;;;;;;;;;;;;;;;;/q;;;;;;;10*-1;;;;;;;;;;;;;;;;;;;;;;. The van der Waals surface area contributed by atoms with E-state index in [-0.39, 0.29) is 794 Å². The van der Waals surface area contributed by atoms with Gasteiger partial charge in [-0.3, -0.25) is 0 Å². The number of hydrogen-bond acceptors (Lipinski definition) is 0. The van der Waals surface area contributed by atoms with Crippen LogP contribution in [0.1, 0.15) is 27.7 Å². The molecule has 5 aromatic rings. The van der Waals surface area contributed by atoms with Gasteiger partial charge < -0.3 is 74.3 Å². The maximum absolute atomic E-state index is 2.00. The second kappa shape index (κ2) is 240. The van der Waals surface area contributed by atoms with E-state index in [9.17, 15) is 0 Å². The molecule has 0 unspecified atom stereocenters. The number of benzene rings is 5.